The molecular formula is C19H26F5N3O5. The van der Waals surface area contributed by atoms with Crippen molar-refractivity contribution in [3.63, 3.8) is 0 Å². The molecule has 4 N–H and O–H groups in total. The van der Waals surface area contributed by atoms with E-state index < -0.39 is 46.7 Å². The number of halogens is 5. The predicted octanol–water partition coefficient (Wildman–Crippen LogP) is 0.255. The molecule has 182 valence electrons. The Labute approximate surface area is 181 Å². The molecular weight excluding hydrogens is 445 g/mol. The molecule has 1 saturated heterocycles. The molecule has 1 aliphatic heterocycles. The van der Waals surface area contributed by atoms with Gasteiger partial charge in [0, 0.05) is 13.2 Å². The first kappa shape index (κ1) is 29.0. The fraction of sp³-hybridized carbons (Fsp3) is 0.526. The number of aliphatic carboxylic acids is 2. The Balaban J connectivity index is 0.000000709. The second kappa shape index (κ2) is 14.2. The number of hydrogen-bond donors (Lipinski definition) is 4. The number of hydrogen-bond acceptors (Lipinski definition) is 4. The van der Waals surface area contributed by atoms with Crippen LogP contribution in [-0.4, -0.2) is 48.3 Å². The van der Waals surface area contributed by atoms with Gasteiger partial charge in [0.15, 0.2) is 11.7 Å². The molecule has 0 aliphatic carbocycles. The maximum atomic E-state index is 13.6. The second-order valence-corrected chi connectivity index (χ2v) is 6.96. The van der Waals surface area contributed by atoms with Crippen molar-refractivity contribution < 1.29 is 51.5 Å². The van der Waals surface area contributed by atoms with Crippen LogP contribution >= 0.6 is 0 Å². The van der Waals surface area contributed by atoms with Crippen molar-refractivity contribution in [3.05, 3.63) is 29.1 Å². The Morgan fingerprint density at radius 1 is 0.938 bits per heavy atom. The van der Waals surface area contributed by atoms with Crippen molar-refractivity contribution in [2.75, 3.05) is 18.5 Å². The number of carbonyl (C=O) groups is 2. The molecule has 1 aliphatic rings. The molecule has 0 aromatic heterocycles. The van der Waals surface area contributed by atoms with Gasteiger partial charge >= 0.3 is 11.9 Å². The topological polar surface area (TPSA) is 125 Å². The highest BCUT2D eigenvalue weighted by Gasteiger charge is 2.29. The van der Waals surface area contributed by atoms with E-state index in [-0.39, 0.29) is 18.0 Å². The Morgan fingerprint density at radius 2 is 1.34 bits per heavy atom. The lowest BCUT2D eigenvalue weighted by atomic mass is 10.2. The minimum absolute atomic E-state index is 0.0446. The first-order valence-electron chi connectivity index (χ1n) is 9.49. The summed E-state index contributed by atoms with van der Waals surface area (Å²) in [4.78, 5) is 20.8. The molecule has 0 atom stereocenters. The summed E-state index contributed by atoms with van der Waals surface area (Å²) >= 11 is 0. The standard InChI is InChI=1S/C13H16F5N3.C4H8O.C2H2O4/c1-5(2)19-13(20-6(3)4)21-12-10(17)8(15)7(14)9(16)11(12)18;1-2-4-5-3-1;3-1(4)2(5)6/h5-6H,1-4H3,(H2,19,20,21);1-4H2;(H,3,4)(H,5,6). The van der Waals surface area contributed by atoms with Gasteiger partial charge in [-0.3, -0.25) is 10.3 Å². The van der Waals surface area contributed by atoms with Crippen molar-refractivity contribution >= 4 is 23.6 Å². The number of carboxylic acids is 2. The molecule has 0 amide bonds. The minimum Gasteiger partial charge on any atom is -0.539 e. The largest absolute Gasteiger partial charge is 0.539 e. The molecule has 0 bridgehead atoms. The Kier molecular flexibility index (Phi) is 12.9. The van der Waals surface area contributed by atoms with Crippen LogP contribution in [0.1, 0.15) is 40.5 Å². The molecule has 13 heteroatoms. The van der Waals surface area contributed by atoms with Crippen molar-refractivity contribution in [1.82, 2.24) is 5.32 Å². The Morgan fingerprint density at radius 3 is 1.62 bits per heavy atom. The van der Waals surface area contributed by atoms with Crippen LogP contribution < -0.4 is 20.7 Å². The highest BCUT2D eigenvalue weighted by atomic mass is 19.2. The quantitative estimate of drug-likeness (QED) is 0.124. The summed E-state index contributed by atoms with van der Waals surface area (Å²) in [5.74, 6) is -14.0. The van der Waals surface area contributed by atoms with Crippen molar-refractivity contribution in [1.29, 1.82) is 0 Å². The third-order valence-electron chi connectivity index (χ3n) is 3.33. The lowest BCUT2D eigenvalue weighted by Crippen LogP contribution is -2.82. The third-order valence-corrected chi connectivity index (χ3v) is 3.33. The van der Waals surface area contributed by atoms with Gasteiger partial charge in [-0.2, -0.15) is 8.78 Å². The molecule has 0 saturated carbocycles. The lowest BCUT2D eigenvalue weighted by Gasteiger charge is -2.11. The third kappa shape index (κ3) is 10.4. The van der Waals surface area contributed by atoms with Gasteiger partial charge in [0.25, 0.3) is 0 Å². The van der Waals surface area contributed by atoms with E-state index in [1.165, 1.54) is 12.8 Å². The number of carboxylic acid groups (broad SMARTS) is 2. The molecule has 1 aromatic rings. The summed E-state index contributed by atoms with van der Waals surface area (Å²) < 4.78 is 71.3. The first-order valence-corrected chi connectivity index (χ1v) is 9.49. The molecule has 0 unspecified atom stereocenters. The van der Waals surface area contributed by atoms with Gasteiger partial charge in [-0.25, -0.2) is 23.3 Å². The van der Waals surface area contributed by atoms with Gasteiger partial charge in [0.1, 0.15) is 0 Å². The molecule has 1 aromatic carbocycles. The van der Waals surface area contributed by atoms with Gasteiger partial charge in [-0.15, -0.1) is 0 Å². The van der Waals surface area contributed by atoms with E-state index >= 15 is 0 Å². The number of anilines is 1. The zero-order chi connectivity index (χ0) is 25.0. The van der Waals surface area contributed by atoms with Crippen molar-refractivity contribution in [3.8, 4) is 0 Å². The Bertz CT molecular complexity index is 766. The van der Waals surface area contributed by atoms with Crippen LogP contribution in [-0.2, 0) is 14.3 Å². The van der Waals surface area contributed by atoms with E-state index in [0.717, 1.165) is 13.2 Å². The van der Waals surface area contributed by atoms with E-state index in [2.05, 4.69) is 15.6 Å². The van der Waals surface area contributed by atoms with Gasteiger partial charge in [0.2, 0.25) is 29.1 Å². The molecule has 1 fully saturated rings. The maximum Gasteiger partial charge on any atom is 0.351 e. The summed E-state index contributed by atoms with van der Waals surface area (Å²) in [5.41, 5.74) is -1.11. The normalized spacial score (nSPS) is 13.2. The number of carbonyl (C=O) groups excluding carboxylic acids is 1. The number of benzene rings is 1. The van der Waals surface area contributed by atoms with Crippen LogP contribution in [0.2, 0.25) is 0 Å². The van der Waals surface area contributed by atoms with E-state index in [1.54, 1.807) is 27.7 Å². The molecule has 2 rings (SSSR count). The second-order valence-electron chi connectivity index (χ2n) is 6.96. The van der Waals surface area contributed by atoms with E-state index in [1.807, 2.05) is 0 Å². The minimum atomic E-state index is -2.19. The summed E-state index contributed by atoms with van der Waals surface area (Å²) in [7, 11) is 0. The zero-order valence-corrected chi connectivity index (χ0v) is 18.0. The average Bonchev–Trinajstić information content (AvgIpc) is 3.27. The van der Waals surface area contributed by atoms with Crippen LogP contribution in [0.15, 0.2) is 0 Å². The fourth-order valence-electron chi connectivity index (χ4n) is 2.04. The van der Waals surface area contributed by atoms with E-state index in [0.29, 0.717) is 0 Å². The average molecular weight is 471 g/mol. The SMILES string of the molecule is C1CCOC1.CC(C)NC(Nc1c(F)c(F)c(F)c(F)c1F)=[NH+]C(C)C.O=C([O-])C(=O)O. The molecule has 32 heavy (non-hydrogen) atoms. The van der Waals surface area contributed by atoms with Gasteiger partial charge in [-0.1, -0.05) is 0 Å². The number of guanidine groups is 1. The highest BCUT2D eigenvalue weighted by molar-refractivity contribution is 6.26. The molecule has 8 nitrogen and oxygen atoms in total. The van der Waals surface area contributed by atoms with Crippen molar-refractivity contribution in [2.24, 2.45) is 0 Å². The summed E-state index contributed by atoms with van der Waals surface area (Å²) in [6.07, 6.45) is 2.56. The number of rotatable bonds is 3. The van der Waals surface area contributed by atoms with Gasteiger partial charge in [0.05, 0.1) is 12.1 Å². The van der Waals surface area contributed by atoms with Crippen molar-refractivity contribution in [2.45, 2.75) is 52.6 Å². The lowest BCUT2D eigenvalue weighted by molar-refractivity contribution is -0.495. The highest BCUT2D eigenvalue weighted by Crippen LogP contribution is 2.26. The van der Waals surface area contributed by atoms with Gasteiger partial charge in [-0.05, 0) is 40.5 Å². The monoisotopic (exact) mass is 471 g/mol. The molecule has 0 radical (unpaired) electrons. The number of ether oxygens (including phenoxy) is 1. The smallest absolute Gasteiger partial charge is 0.351 e. The van der Waals surface area contributed by atoms with Crippen LogP contribution in [0, 0.1) is 29.1 Å². The van der Waals surface area contributed by atoms with E-state index in [9.17, 15) is 22.0 Å². The predicted molar refractivity (Wildman–Crippen MR) is 102 cm³/mol. The Hall–Kier alpha value is -2.96. The molecule has 1 heterocycles. The van der Waals surface area contributed by atoms with Crippen LogP contribution in [0.5, 0.6) is 0 Å². The van der Waals surface area contributed by atoms with Crippen LogP contribution in [0.3, 0.4) is 0 Å². The van der Waals surface area contributed by atoms with Crippen LogP contribution in [0.4, 0.5) is 27.6 Å². The van der Waals surface area contributed by atoms with Crippen LogP contribution in [0.25, 0.3) is 0 Å². The maximum absolute atomic E-state index is 13.6. The van der Waals surface area contributed by atoms with Gasteiger partial charge < -0.3 is 19.7 Å². The number of nitrogens with one attached hydrogen (secondary N) is 3. The molecule has 0 spiro atoms. The summed E-state index contributed by atoms with van der Waals surface area (Å²) in [6, 6.07) is -0.250. The summed E-state index contributed by atoms with van der Waals surface area (Å²) in [6.45, 7) is 9.01. The van der Waals surface area contributed by atoms with E-state index in [4.69, 9.17) is 24.5 Å². The zero-order valence-electron chi connectivity index (χ0n) is 18.0. The fourth-order valence-corrected chi connectivity index (χ4v) is 2.04. The summed E-state index contributed by atoms with van der Waals surface area (Å²) in [5, 5.41) is 21.3. The first-order chi connectivity index (χ1) is 14.8.